The first-order chi connectivity index (χ1) is 12.6. The fraction of sp³-hybridized carbons (Fsp3) is 0.667. The molecule has 3 aliphatic rings. The van der Waals surface area contributed by atoms with Gasteiger partial charge in [-0.05, 0) is 56.8 Å². The Labute approximate surface area is 155 Å². The maximum Gasteiger partial charge on any atom is 0.230 e. The molecule has 1 aliphatic carbocycles. The molecule has 0 radical (unpaired) electrons. The molecule has 1 spiro atoms. The van der Waals surface area contributed by atoms with Crippen LogP contribution in [0.3, 0.4) is 0 Å². The van der Waals surface area contributed by atoms with Crippen molar-refractivity contribution in [1.29, 1.82) is 0 Å². The number of halogens is 1. The van der Waals surface area contributed by atoms with Crippen LogP contribution in [0.15, 0.2) is 18.2 Å². The van der Waals surface area contributed by atoms with E-state index in [-0.39, 0.29) is 17.1 Å². The molecular formula is C21H29FN2O2. The van der Waals surface area contributed by atoms with Crippen LogP contribution in [-0.4, -0.2) is 48.5 Å². The Hall–Kier alpha value is -1.62. The standard InChI is InChI=1S/C21H29FN2O2/c1-26-18-7-8-19(22)16(13-18)14-23-11-4-9-21(20(23)25)10-12-24(15-21)17-5-2-3-6-17/h7-8,13,17H,2-6,9-12,14-15H2,1H3. The summed E-state index contributed by atoms with van der Waals surface area (Å²) in [7, 11) is 1.58. The molecular weight excluding hydrogens is 331 g/mol. The van der Waals surface area contributed by atoms with E-state index in [2.05, 4.69) is 4.90 Å². The minimum atomic E-state index is -0.266. The highest BCUT2D eigenvalue weighted by molar-refractivity contribution is 5.84. The van der Waals surface area contributed by atoms with Gasteiger partial charge in [0.1, 0.15) is 11.6 Å². The second-order valence-corrected chi connectivity index (χ2v) is 8.23. The third-order valence-corrected chi connectivity index (χ3v) is 6.66. The number of piperidine rings is 1. The predicted octanol–water partition coefficient (Wildman–Crippen LogP) is 3.59. The number of amides is 1. The summed E-state index contributed by atoms with van der Waals surface area (Å²) in [4.78, 5) is 17.8. The molecule has 0 N–H and O–H groups in total. The molecule has 1 unspecified atom stereocenters. The molecule has 2 saturated heterocycles. The summed E-state index contributed by atoms with van der Waals surface area (Å²) in [6.07, 6.45) is 8.15. The van der Waals surface area contributed by atoms with E-state index < -0.39 is 0 Å². The van der Waals surface area contributed by atoms with E-state index in [0.717, 1.165) is 38.9 Å². The van der Waals surface area contributed by atoms with Gasteiger partial charge in [-0.2, -0.15) is 0 Å². The average Bonchev–Trinajstić information content (AvgIpc) is 3.31. The molecule has 1 aromatic rings. The summed E-state index contributed by atoms with van der Waals surface area (Å²) < 4.78 is 19.4. The van der Waals surface area contributed by atoms with Gasteiger partial charge in [0.25, 0.3) is 0 Å². The van der Waals surface area contributed by atoms with Crippen LogP contribution in [0.4, 0.5) is 4.39 Å². The van der Waals surface area contributed by atoms with Crippen molar-refractivity contribution in [3.63, 3.8) is 0 Å². The quantitative estimate of drug-likeness (QED) is 0.823. The molecule has 26 heavy (non-hydrogen) atoms. The van der Waals surface area contributed by atoms with Crippen molar-refractivity contribution in [2.24, 2.45) is 5.41 Å². The van der Waals surface area contributed by atoms with Crippen LogP contribution in [0.1, 0.15) is 50.5 Å². The number of nitrogens with zero attached hydrogens (tertiary/aromatic N) is 2. The van der Waals surface area contributed by atoms with E-state index in [9.17, 15) is 9.18 Å². The first kappa shape index (κ1) is 17.8. The van der Waals surface area contributed by atoms with Crippen molar-refractivity contribution in [2.75, 3.05) is 26.7 Å². The number of carbonyl (C=O) groups is 1. The Kier molecular flexibility index (Phi) is 4.91. The lowest BCUT2D eigenvalue weighted by Crippen LogP contribution is -2.50. The minimum Gasteiger partial charge on any atom is -0.497 e. The SMILES string of the molecule is COc1ccc(F)c(CN2CCCC3(CCN(C4CCCC4)C3)C2=O)c1. The normalized spacial score (nSPS) is 27.6. The van der Waals surface area contributed by atoms with Gasteiger partial charge >= 0.3 is 0 Å². The number of hydrogen-bond donors (Lipinski definition) is 0. The molecule has 142 valence electrons. The van der Waals surface area contributed by atoms with Crippen molar-refractivity contribution in [2.45, 2.75) is 57.5 Å². The van der Waals surface area contributed by atoms with Crippen LogP contribution in [0.5, 0.6) is 5.75 Å². The Morgan fingerprint density at radius 2 is 2.00 bits per heavy atom. The number of hydrogen-bond acceptors (Lipinski definition) is 3. The van der Waals surface area contributed by atoms with E-state index in [4.69, 9.17) is 4.74 Å². The molecule has 2 aliphatic heterocycles. The number of methoxy groups -OCH3 is 1. The number of carbonyl (C=O) groups excluding carboxylic acids is 1. The Morgan fingerprint density at radius 1 is 1.19 bits per heavy atom. The molecule has 1 saturated carbocycles. The maximum atomic E-state index is 14.2. The lowest BCUT2D eigenvalue weighted by atomic mass is 9.78. The van der Waals surface area contributed by atoms with Crippen LogP contribution in [0.2, 0.25) is 0 Å². The largest absolute Gasteiger partial charge is 0.497 e. The van der Waals surface area contributed by atoms with E-state index in [1.807, 2.05) is 4.90 Å². The van der Waals surface area contributed by atoms with E-state index in [0.29, 0.717) is 23.9 Å². The highest BCUT2D eigenvalue weighted by Gasteiger charge is 2.49. The van der Waals surface area contributed by atoms with Crippen LogP contribution in [0.25, 0.3) is 0 Å². The van der Waals surface area contributed by atoms with Crippen molar-refractivity contribution < 1.29 is 13.9 Å². The molecule has 1 aromatic carbocycles. The second-order valence-electron chi connectivity index (χ2n) is 8.23. The highest BCUT2D eigenvalue weighted by atomic mass is 19.1. The first-order valence-corrected chi connectivity index (χ1v) is 9.97. The zero-order chi connectivity index (χ0) is 18.1. The molecule has 0 bridgehead atoms. The van der Waals surface area contributed by atoms with Gasteiger partial charge in [-0.1, -0.05) is 12.8 Å². The third-order valence-electron chi connectivity index (χ3n) is 6.66. The van der Waals surface area contributed by atoms with Gasteiger partial charge in [-0.25, -0.2) is 4.39 Å². The summed E-state index contributed by atoms with van der Waals surface area (Å²) in [6.45, 7) is 3.00. The van der Waals surface area contributed by atoms with Gasteiger partial charge < -0.3 is 9.64 Å². The summed E-state index contributed by atoms with van der Waals surface area (Å²) in [5.74, 6) is 0.595. The second kappa shape index (κ2) is 7.18. The molecule has 3 fully saturated rings. The first-order valence-electron chi connectivity index (χ1n) is 9.97. The highest BCUT2D eigenvalue weighted by Crippen LogP contribution is 2.42. The fourth-order valence-electron chi connectivity index (χ4n) is 5.17. The Morgan fingerprint density at radius 3 is 2.77 bits per heavy atom. The zero-order valence-corrected chi connectivity index (χ0v) is 15.7. The lowest BCUT2D eigenvalue weighted by Gasteiger charge is -2.40. The van der Waals surface area contributed by atoms with Gasteiger partial charge in [-0.15, -0.1) is 0 Å². The number of likely N-dealkylation sites (tertiary alicyclic amines) is 2. The maximum absolute atomic E-state index is 14.2. The van der Waals surface area contributed by atoms with Crippen LogP contribution >= 0.6 is 0 Å². The Bertz CT molecular complexity index is 674. The topological polar surface area (TPSA) is 32.8 Å². The summed E-state index contributed by atoms with van der Waals surface area (Å²) in [5, 5.41) is 0. The van der Waals surface area contributed by atoms with Crippen molar-refractivity contribution in [3.8, 4) is 5.75 Å². The van der Waals surface area contributed by atoms with Gasteiger partial charge in [0.05, 0.1) is 12.5 Å². The van der Waals surface area contributed by atoms with Crippen molar-refractivity contribution in [3.05, 3.63) is 29.6 Å². The predicted molar refractivity (Wildman–Crippen MR) is 98.5 cm³/mol. The smallest absolute Gasteiger partial charge is 0.230 e. The van der Waals surface area contributed by atoms with Crippen LogP contribution < -0.4 is 4.74 Å². The number of ether oxygens (including phenoxy) is 1. The molecule has 1 atom stereocenters. The van der Waals surface area contributed by atoms with E-state index in [1.165, 1.54) is 31.7 Å². The molecule has 4 rings (SSSR count). The molecule has 4 nitrogen and oxygen atoms in total. The minimum absolute atomic E-state index is 0.228. The van der Waals surface area contributed by atoms with Gasteiger partial charge in [0.15, 0.2) is 0 Å². The van der Waals surface area contributed by atoms with E-state index >= 15 is 0 Å². The molecule has 1 amide bonds. The van der Waals surface area contributed by atoms with E-state index in [1.54, 1.807) is 19.2 Å². The summed E-state index contributed by atoms with van der Waals surface area (Å²) >= 11 is 0. The summed E-state index contributed by atoms with van der Waals surface area (Å²) in [5.41, 5.74) is 0.302. The zero-order valence-electron chi connectivity index (χ0n) is 15.7. The third kappa shape index (κ3) is 3.22. The van der Waals surface area contributed by atoms with Crippen molar-refractivity contribution in [1.82, 2.24) is 9.80 Å². The number of benzene rings is 1. The molecule has 5 heteroatoms. The molecule has 0 aromatic heterocycles. The van der Waals surface area contributed by atoms with Crippen molar-refractivity contribution >= 4 is 5.91 Å². The monoisotopic (exact) mass is 360 g/mol. The average molecular weight is 360 g/mol. The van der Waals surface area contributed by atoms with Gasteiger partial charge in [0, 0.05) is 31.2 Å². The summed E-state index contributed by atoms with van der Waals surface area (Å²) in [6, 6.07) is 5.43. The fourth-order valence-corrected chi connectivity index (χ4v) is 5.17. The van der Waals surface area contributed by atoms with Crippen LogP contribution in [0, 0.1) is 11.2 Å². The Balaban J connectivity index is 1.48. The van der Waals surface area contributed by atoms with Crippen LogP contribution in [-0.2, 0) is 11.3 Å². The molecule has 2 heterocycles. The van der Waals surface area contributed by atoms with Gasteiger partial charge in [-0.3, -0.25) is 9.69 Å². The lowest BCUT2D eigenvalue weighted by molar-refractivity contribution is -0.146. The number of rotatable bonds is 4. The van der Waals surface area contributed by atoms with Gasteiger partial charge in [0.2, 0.25) is 5.91 Å².